The smallest absolute Gasteiger partial charge is 0.140 e. The van der Waals surface area contributed by atoms with Crippen molar-refractivity contribution < 1.29 is 9.29 Å². The van der Waals surface area contributed by atoms with Gasteiger partial charge in [0.25, 0.3) is 0 Å². The Bertz CT molecular complexity index is 807. The van der Waals surface area contributed by atoms with Crippen molar-refractivity contribution in [1.82, 2.24) is 0 Å². The number of hydrogen-bond acceptors (Lipinski definition) is 0. The molecule has 2 aliphatic heterocycles. The van der Waals surface area contributed by atoms with Crippen LogP contribution >= 0.6 is 10.0 Å². The van der Waals surface area contributed by atoms with Crippen LogP contribution in [0, 0.1) is 18.2 Å². The molecule has 1 aromatic rings. The second-order valence-corrected chi connectivity index (χ2v) is 14.6. The topological polar surface area (TPSA) is 4.44 Å². The van der Waals surface area contributed by atoms with Crippen molar-refractivity contribution in [3.8, 4) is 0 Å². The van der Waals surface area contributed by atoms with Crippen molar-refractivity contribution in [1.29, 1.82) is 0 Å². The Balaban J connectivity index is 2.21. The van der Waals surface area contributed by atoms with Gasteiger partial charge in [0.1, 0.15) is 18.1 Å². The van der Waals surface area contributed by atoms with E-state index >= 15 is 4.39 Å². The molecule has 2 aliphatic rings. The Morgan fingerprint density at radius 1 is 1.11 bits per heavy atom. The Morgan fingerprint density at radius 3 is 2.30 bits per heavy atom. The minimum atomic E-state index is -0.856. The number of aryl methyl sites for hydroxylation is 1. The van der Waals surface area contributed by atoms with Crippen molar-refractivity contribution in [2.24, 2.45) is 5.41 Å². The fraction of sp³-hybridized carbons (Fsp3) is 0.583. The van der Waals surface area contributed by atoms with E-state index in [0.717, 1.165) is 17.5 Å². The van der Waals surface area contributed by atoms with Crippen LogP contribution in [0.15, 0.2) is 34.9 Å². The molecule has 1 nitrogen and oxygen atoms in total. The first kappa shape index (κ1) is 20.7. The van der Waals surface area contributed by atoms with E-state index in [1.165, 1.54) is 20.9 Å². The number of nitrogens with one attached hydrogen (secondary N) is 1. The van der Waals surface area contributed by atoms with Gasteiger partial charge in [-0.25, -0.2) is 14.4 Å². The highest BCUT2D eigenvalue weighted by Crippen LogP contribution is 2.52. The Hall–Kier alpha value is -1.06. The van der Waals surface area contributed by atoms with Crippen molar-refractivity contribution in [3.05, 3.63) is 57.4 Å². The van der Waals surface area contributed by atoms with Gasteiger partial charge in [-0.1, -0.05) is 39.8 Å². The Kier molecular flexibility index (Phi) is 5.18. The highest BCUT2D eigenvalue weighted by atomic mass is 32.3. The summed E-state index contributed by atoms with van der Waals surface area (Å²) in [7, 11) is -0.856. The van der Waals surface area contributed by atoms with Crippen molar-refractivity contribution in [2.75, 3.05) is 18.8 Å². The van der Waals surface area contributed by atoms with Crippen LogP contribution < -0.4 is 4.90 Å². The molecule has 2 heterocycles. The summed E-state index contributed by atoms with van der Waals surface area (Å²) >= 11 is 0. The van der Waals surface area contributed by atoms with Crippen LogP contribution in [0.1, 0.15) is 69.7 Å². The highest BCUT2D eigenvalue weighted by Gasteiger charge is 2.44. The molecule has 27 heavy (non-hydrogen) atoms. The number of benzene rings is 1. The lowest BCUT2D eigenvalue weighted by Gasteiger charge is -2.45. The minimum absolute atomic E-state index is 0.0000595. The molecule has 4 unspecified atom stereocenters. The molecule has 0 fully saturated rings. The molecule has 0 amide bonds. The van der Waals surface area contributed by atoms with E-state index in [4.69, 9.17) is 0 Å². The largest absolute Gasteiger partial charge is 0.295 e. The van der Waals surface area contributed by atoms with Gasteiger partial charge in [-0.2, -0.15) is 0 Å². The second-order valence-electron chi connectivity index (χ2n) is 10.5. The van der Waals surface area contributed by atoms with Crippen LogP contribution in [-0.4, -0.2) is 24.8 Å². The quantitative estimate of drug-likeness (QED) is 0.682. The monoisotopic (exact) mass is 390 g/mol. The van der Waals surface area contributed by atoms with Crippen LogP contribution in [0.2, 0.25) is 0 Å². The summed E-state index contributed by atoms with van der Waals surface area (Å²) in [4.78, 5) is 2.92. The van der Waals surface area contributed by atoms with Gasteiger partial charge in [-0.15, -0.1) is 0 Å². The summed E-state index contributed by atoms with van der Waals surface area (Å²) in [5.74, 6) is 0.353. The summed E-state index contributed by atoms with van der Waals surface area (Å²) in [6, 6.07) is 4.64. The third-order valence-corrected chi connectivity index (χ3v) is 7.91. The van der Waals surface area contributed by atoms with Crippen LogP contribution in [-0.2, 0) is 0 Å². The number of fused-ring (bicyclic) bond motifs is 3. The molecule has 0 saturated carbocycles. The minimum Gasteiger partial charge on any atom is -0.295 e. The molecule has 3 heteroatoms. The first-order chi connectivity index (χ1) is 12.3. The third kappa shape index (κ3) is 3.78. The van der Waals surface area contributed by atoms with Gasteiger partial charge >= 0.3 is 0 Å². The normalized spacial score (nSPS) is 28.8. The summed E-state index contributed by atoms with van der Waals surface area (Å²) in [5, 5.41) is 0. The van der Waals surface area contributed by atoms with Gasteiger partial charge in [0.05, 0.1) is 11.6 Å². The van der Waals surface area contributed by atoms with Gasteiger partial charge < -0.3 is 0 Å². The maximum atomic E-state index is 15.3. The van der Waals surface area contributed by atoms with E-state index in [1.807, 2.05) is 13.0 Å². The zero-order valence-corrected chi connectivity index (χ0v) is 19.4. The van der Waals surface area contributed by atoms with E-state index in [1.54, 1.807) is 0 Å². The fourth-order valence-electron chi connectivity index (χ4n) is 4.65. The zero-order chi connectivity index (χ0) is 20.3. The lowest BCUT2D eigenvalue weighted by molar-refractivity contribution is -0.903. The molecular formula is C24H37FNS+. The van der Waals surface area contributed by atoms with Crippen LogP contribution in [0.4, 0.5) is 4.39 Å². The SMILES string of the molecule is Cc1ccc2c(c1F)C1C=C(CC(C)(C)C)C(S(C)(C)C)=C[NH+]1C(C)C2C. The molecule has 0 radical (unpaired) electrons. The zero-order valence-electron chi connectivity index (χ0n) is 18.5. The van der Waals surface area contributed by atoms with Crippen molar-refractivity contribution in [2.45, 2.75) is 66.0 Å². The molecule has 0 aromatic heterocycles. The molecule has 1 N–H and O–H groups in total. The van der Waals surface area contributed by atoms with E-state index in [2.05, 4.69) is 71.7 Å². The van der Waals surface area contributed by atoms with Crippen LogP contribution in [0.3, 0.4) is 0 Å². The van der Waals surface area contributed by atoms with Crippen LogP contribution in [0.5, 0.6) is 0 Å². The number of hydrogen-bond donors (Lipinski definition) is 1. The lowest BCUT2D eigenvalue weighted by Crippen LogP contribution is -3.13. The second kappa shape index (κ2) is 6.77. The number of quaternary nitrogens is 1. The summed E-state index contributed by atoms with van der Waals surface area (Å²) in [6.07, 6.45) is 13.1. The summed E-state index contributed by atoms with van der Waals surface area (Å²) < 4.78 is 15.3. The standard InChI is InChI=1S/C24H36FNS/c1-15-10-11-19-16(2)17(3)26-14-21(27(7,8)9)18(13-24(4,5)6)12-20(26)22(19)23(15)25/h10-12,14,16-17,20H,13H2,1-9H3/p+1. The Morgan fingerprint density at radius 2 is 1.74 bits per heavy atom. The van der Waals surface area contributed by atoms with E-state index in [-0.39, 0.29) is 17.3 Å². The molecular weight excluding hydrogens is 353 g/mol. The third-order valence-electron chi connectivity index (χ3n) is 6.21. The van der Waals surface area contributed by atoms with E-state index in [9.17, 15) is 0 Å². The number of allylic oxidation sites excluding steroid dienone is 1. The summed E-state index contributed by atoms with van der Waals surface area (Å²) in [5.41, 5.74) is 4.55. The maximum absolute atomic E-state index is 15.3. The van der Waals surface area contributed by atoms with Gasteiger partial charge in [0, 0.05) is 10.8 Å². The molecule has 0 aliphatic carbocycles. The lowest BCUT2D eigenvalue weighted by atomic mass is 9.78. The summed E-state index contributed by atoms with van der Waals surface area (Å²) in [6.45, 7) is 13.4. The maximum Gasteiger partial charge on any atom is 0.140 e. The fourth-order valence-corrected chi connectivity index (χ4v) is 6.07. The average Bonchev–Trinajstić information content (AvgIpc) is 2.52. The molecule has 150 valence electrons. The van der Waals surface area contributed by atoms with Gasteiger partial charge in [0.2, 0.25) is 0 Å². The van der Waals surface area contributed by atoms with Crippen molar-refractivity contribution >= 4 is 10.0 Å². The highest BCUT2D eigenvalue weighted by molar-refractivity contribution is 8.35. The van der Waals surface area contributed by atoms with Crippen LogP contribution in [0.25, 0.3) is 0 Å². The first-order valence-electron chi connectivity index (χ1n) is 10.1. The number of halogens is 1. The van der Waals surface area contributed by atoms with E-state index < -0.39 is 10.0 Å². The number of rotatable bonds is 2. The first-order valence-corrected chi connectivity index (χ1v) is 12.9. The van der Waals surface area contributed by atoms with Crippen molar-refractivity contribution in [3.63, 3.8) is 0 Å². The van der Waals surface area contributed by atoms with Gasteiger partial charge in [-0.3, -0.25) is 4.90 Å². The molecule has 4 atom stereocenters. The molecule has 0 bridgehead atoms. The van der Waals surface area contributed by atoms with E-state index in [0.29, 0.717) is 12.0 Å². The molecule has 0 spiro atoms. The molecule has 1 aromatic carbocycles. The average molecular weight is 391 g/mol. The Labute approximate surface area is 167 Å². The molecule has 3 rings (SSSR count). The molecule has 0 saturated heterocycles. The predicted molar refractivity (Wildman–Crippen MR) is 118 cm³/mol. The van der Waals surface area contributed by atoms with Gasteiger partial charge in [0.15, 0.2) is 0 Å². The van der Waals surface area contributed by atoms with Gasteiger partial charge in [-0.05, 0) is 67.2 Å². The predicted octanol–water partition coefficient (Wildman–Crippen LogP) is 5.48.